The standard InChI is InChI=1S/C22H20F2N4O2/c1-27-9-14(12-4-6-28(7-5-12)11-18(29)30)22-15(10-27)20-19-13(8-16(23)21(20)24)2-3-17(19)25-26-22/h2-4,8,10,26H,5-7,9,11H2,1H3,(H,29,30). The highest BCUT2D eigenvalue weighted by atomic mass is 19.2. The van der Waals surface area contributed by atoms with Crippen molar-refractivity contribution in [2.75, 3.05) is 33.2 Å². The molecule has 0 radical (unpaired) electrons. The van der Waals surface area contributed by atoms with Crippen LogP contribution in [0.15, 0.2) is 46.4 Å². The van der Waals surface area contributed by atoms with E-state index in [0.717, 1.165) is 11.1 Å². The lowest BCUT2D eigenvalue weighted by atomic mass is 9.87. The number of likely N-dealkylation sites (N-methyl/N-ethyl adjacent to an activating group) is 1. The highest BCUT2D eigenvalue weighted by Gasteiger charge is 2.33. The van der Waals surface area contributed by atoms with Gasteiger partial charge in [0.1, 0.15) is 0 Å². The van der Waals surface area contributed by atoms with Crippen molar-refractivity contribution in [3.05, 3.63) is 69.6 Å². The first kappa shape index (κ1) is 18.7. The minimum atomic E-state index is -0.882. The summed E-state index contributed by atoms with van der Waals surface area (Å²) >= 11 is 0. The minimum Gasteiger partial charge on any atom is -0.480 e. The van der Waals surface area contributed by atoms with Crippen molar-refractivity contribution in [3.63, 3.8) is 0 Å². The Hall–Kier alpha value is -3.26. The van der Waals surface area contributed by atoms with Crippen molar-refractivity contribution in [2.24, 2.45) is 5.10 Å². The first-order valence-electron chi connectivity index (χ1n) is 9.76. The second kappa shape index (κ2) is 6.91. The monoisotopic (exact) mass is 410 g/mol. The third-order valence-corrected chi connectivity index (χ3v) is 5.85. The van der Waals surface area contributed by atoms with Crippen LogP contribution in [0.3, 0.4) is 0 Å². The topological polar surface area (TPSA) is 68.2 Å². The number of halogens is 2. The van der Waals surface area contributed by atoms with E-state index in [1.165, 1.54) is 6.07 Å². The Balaban J connectivity index is 1.62. The van der Waals surface area contributed by atoms with Gasteiger partial charge >= 0.3 is 5.97 Å². The van der Waals surface area contributed by atoms with Crippen LogP contribution >= 0.6 is 0 Å². The van der Waals surface area contributed by atoms with Gasteiger partial charge in [-0.1, -0.05) is 12.2 Å². The molecular weight excluding hydrogens is 390 g/mol. The van der Waals surface area contributed by atoms with Crippen molar-refractivity contribution < 1.29 is 18.7 Å². The van der Waals surface area contributed by atoms with Gasteiger partial charge in [0.15, 0.2) is 11.6 Å². The molecule has 0 fully saturated rings. The predicted octanol–water partition coefficient (Wildman–Crippen LogP) is 2.56. The number of hydrogen-bond acceptors (Lipinski definition) is 5. The molecule has 3 heterocycles. The van der Waals surface area contributed by atoms with E-state index in [1.807, 2.05) is 29.1 Å². The Labute approximate surface area is 172 Å². The first-order valence-corrected chi connectivity index (χ1v) is 9.76. The quantitative estimate of drug-likeness (QED) is 0.802. The number of rotatable bonds is 3. The highest BCUT2D eigenvalue weighted by molar-refractivity contribution is 6.20. The average molecular weight is 410 g/mol. The number of carboxylic acids is 1. The summed E-state index contributed by atoms with van der Waals surface area (Å²) in [5.74, 6) is -2.61. The van der Waals surface area contributed by atoms with Crippen LogP contribution in [0.2, 0.25) is 0 Å². The Morgan fingerprint density at radius 1 is 1.30 bits per heavy atom. The summed E-state index contributed by atoms with van der Waals surface area (Å²) in [7, 11) is 1.90. The molecule has 0 aromatic heterocycles. The SMILES string of the molecule is CN1C=C2C(=C(C3=CCN(CC(=O)O)CC3)C1)NN=C1C=Cc3cc(F)c(F)c2c31. The number of nitrogens with zero attached hydrogens (tertiary/aromatic N) is 3. The molecule has 6 nitrogen and oxygen atoms in total. The largest absolute Gasteiger partial charge is 0.480 e. The fourth-order valence-electron chi connectivity index (χ4n) is 4.49. The zero-order valence-corrected chi connectivity index (χ0v) is 16.4. The normalized spacial score (nSPS) is 20.1. The number of fused-ring (bicyclic) bond motifs is 2. The maximum atomic E-state index is 15.0. The van der Waals surface area contributed by atoms with Crippen molar-refractivity contribution in [2.45, 2.75) is 6.42 Å². The molecule has 3 aliphatic heterocycles. The summed E-state index contributed by atoms with van der Waals surface area (Å²) in [4.78, 5) is 14.8. The van der Waals surface area contributed by atoms with Gasteiger partial charge in [0.05, 0.1) is 18.0 Å². The first-order chi connectivity index (χ1) is 14.4. The van der Waals surface area contributed by atoms with Gasteiger partial charge in [-0.2, -0.15) is 5.10 Å². The van der Waals surface area contributed by atoms with E-state index in [0.29, 0.717) is 54.2 Å². The van der Waals surface area contributed by atoms with Gasteiger partial charge < -0.3 is 10.0 Å². The number of aliphatic carboxylic acids is 1. The Kier molecular flexibility index (Phi) is 4.32. The summed E-state index contributed by atoms with van der Waals surface area (Å²) in [5.41, 5.74) is 8.41. The van der Waals surface area contributed by atoms with Gasteiger partial charge in [0, 0.05) is 55.2 Å². The van der Waals surface area contributed by atoms with Crippen molar-refractivity contribution in [3.8, 4) is 0 Å². The molecule has 1 aromatic rings. The van der Waals surface area contributed by atoms with Gasteiger partial charge in [-0.25, -0.2) is 8.78 Å². The molecule has 0 atom stereocenters. The van der Waals surface area contributed by atoms with E-state index in [9.17, 15) is 9.18 Å². The molecule has 0 amide bonds. The van der Waals surface area contributed by atoms with Crippen LogP contribution in [-0.4, -0.2) is 59.8 Å². The van der Waals surface area contributed by atoms with Crippen LogP contribution in [0.4, 0.5) is 8.78 Å². The maximum absolute atomic E-state index is 15.0. The van der Waals surface area contributed by atoms with E-state index >= 15 is 4.39 Å². The molecule has 0 saturated heterocycles. The molecule has 0 bridgehead atoms. The second-order valence-corrected chi connectivity index (χ2v) is 7.87. The molecule has 0 spiro atoms. The maximum Gasteiger partial charge on any atom is 0.317 e. The third kappa shape index (κ3) is 2.95. The molecule has 5 rings (SSSR count). The average Bonchev–Trinajstić information content (AvgIpc) is 3.01. The fraction of sp³-hybridized carbons (Fsp3) is 0.273. The number of hydrogen-bond donors (Lipinski definition) is 2. The summed E-state index contributed by atoms with van der Waals surface area (Å²) in [6, 6.07) is 1.20. The van der Waals surface area contributed by atoms with Gasteiger partial charge in [-0.15, -0.1) is 0 Å². The number of allylic oxidation sites excluding steroid dienone is 2. The Bertz CT molecular complexity index is 1130. The minimum absolute atomic E-state index is 0.000378. The lowest BCUT2D eigenvalue weighted by Gasteiger charge is -2.32. The van der Waals surface area contributed by atoms with Crippen LogP contribution in [0.1, 0.15) is 23.1 Å². The molecule has 8 heteroatoms. The number of benzene rings is 1. The molecule has 154 valence electrons. The van der Waals surface area contributed by atoms with Gasteiger partial charge in [-0.05, 0) is 29.7 Å². The van der Waals surface area contributed by atoms with Crippen LogP contribution in [0, 0.1) is 11.6 Å². The van der Waals surface area contributed by atoms with Crippen molar-refractivity contribution in [1.29, 1.82) is 0 Å². The Morgan fingerprint density at radius 2 is 2.13 bits per heavy atom. The number of carbonyl (C=O) groups is 1. The summed E-state index contributed by atoms with van der Waals surface area (Å²) in [6.07, 6.45) is 8.01. The lowest BCUT2D eigenvalue weighted by molar-refractivity contribution is -0.138. The lowest BCUT2D eigenvalue weighted by Crippen LogP contribution is -2.35. The van der Waals surface area contributed by atoms with Crippen LogP contribution in [0.5, 0.6) is 0 Å². The summed E-state index contributed by atoms with van der Waals surface area (Å²) in [5, 5.41) is 13.5. The number of nitrogens with one attached hydrogen (secondary N) is 1. The molecule has 0 saturated carbocycles. The van der Waals surface area contributed by atoms with E-state index in [4.69, 9.17) is 5.11 Å². The van der Waals surface area contributed by atoms with E-state index < -0.39 is 17.6 Å². The van der Waals surface area contributed by atoms with Crippen LogP contribution in [-0.2, 0) is 4.79 Å². The van der Waals surface area contributed by atoms with Crippen LogP contribution < -0.4 is 5.43 Å². The molecule has 1 aliphatic carbocycles. The van der Waals surface area contributed by atoms with Crippen molar-refractivity contribution in [1.82, 2.24) is 15.2 Å². The Morgan fingerprint density at radius 3 is 2.87 bits per heavy atom. The smallest absolute Gasteiger partial charge is 0.317 e. The molecule has 30 heavy (non-hydrogen) atoms. The van der Waals surface area contributed by atoms with Crippen molar-refractivity contribution >= 4 is 23.3 Å². The molecule has 1 aromatic carbocycles. The highest BCUT2D eigenvalue weighted by Crippen LogP contribution is 2.41. The zero-order chi connectivity index (χ0) is 21.0. The number of hydrazone groups is 1. The van der Waals surface area contributed by atoms with E-state index in [1.54, 1.807) is 12.2 Å². The predicted molar refractivity (Wildman–Crippen MR) is 109 cm³/mol. The molecular formula is C22H20F2N4O2. The van der Waals surface area contributed by atoms with Gasteiger partial charge in [0.25, 0.3) is 0 Å². The van der Waals surface area contributed by atoms with E-state index in [2.05, 4.69) is 10.5 Å². The molecule has 4 aliphatic rings. The summed E-state index contributed by atoms with van der Waals surface area (Å²) in [6.45, 7) is 1.75. The molecule has 0 unspecified atom stereocenters. The third-order valence-electron chi connectivity index (χ3n) is 5.85. The van der Waals surface area contributed by atoms with Gasteiger partial charge in [-0.3, -0.25) is 15.1 Å². The number of carboxylic acid groups (broad SMARTS) is 1. The van der Waals surface area contributed by atoms with E-state index in [-0.39, 0.29) is 12.1 Å². The molecule has 2 N–H and O–H groups in total. The second-order valence-electron chi connectivity index (χ2n) is 7.87. The fourth-order valence-corrected chi connectivity index (χ4v) is 4.49. The van der Waals surface area contributed by atoms with Gasteiger partial charge in [0.2, 0.25) is 0 Å². The summed E-state index contributed by atoms with van der Waals surface area (Å²) < 4.78 is 29.4. The zero-order valence-electron chi connectivity index (χ0n) is 16.4. The van der Waals surface area contributed by atoms with Crippen LogP contribution in [0.25, 0.3) is 11.6 Å².